The average molecular weight is 516 g/mol. The van der Waals surface area contributed by atoms with Crippen LogP contribution >= 0.6 is 0 Å². The molecule has 204 valence electrons. The number of carbonyl (C=O) groups is 4. The molecule has 0 aliphatic carbocycles. The van der Waals surface area contributed by atoms with E-state index in [-0.39, 0.29) is 23.9 Å². The van der Waals surface area contributed by atoms with Gasteiger partial charge in [-0.2, -0.15) is 0 Å². The minimum absolute atomic E-state index is 0.0263. The molecule has 0 radical (unpaired) electrons. The van der Waals surface area contributed by atoms with Gasteiger partial charge in [-0.05, 0) is 52.0 Å². The highest BCUT2D eigenvalue weighted by Crippen LogP contribution is 2.23. The highest BCUT2D eigenvalue weighted by molar-refractivity contribution is 5.90. The summed E-state index contributed by atoms with van der Waals surface area (Å²) in [4.78, 5) is 51.6. The van der Waals surface area contributed by atoms with E-state index in [0.717, 1.165) is 12.0 Å². The van der Waals surface area contributed by atoms with Crippen LogP contribution in [0.1, 0.15) is 72.4 Å². The number of likely N-dealkylation sites (tertiary alicyclic amines) is 1. The standard InChI is InChI=1S/C28H41N3O6/c1-18(2)22(25(34)29-19(3)20-11-8-7-9-12-20)15-14-21-13-10-16-31(21)26(35)23(17-24(32)33)30-27(36)37-28(4,5)6/h7-9,11-12,14-15,18-19,21-23H,10,13,16-17H2,1-6H3,(H,29,34)(H,30,36)(H,32,33)/b15-14+/t19-,21+,22-,23+/m1/s1. The zero-order chi connectivity index (χ0) is 27.8. The molecule has 1 heterocycles. The first-order valence-electron chi connectivity index (χ1n) is 12.8. The number of nitrogens with zero attached hydrogens (tertiary/aromatic N) is 1. The number of amides is 3. The predicted octanol–water partition coefficient (Wildman–Crippen LogP) is 4.05. The van der Waals surface area contributed by atoms with Crippen molar-refractivity contribution in [2.75, 3.05) is 6.54 Å². The Morgan fingerprint density at radius 3 is 2.32 bits per heavy atom. The van der Waals surface area contributed by atoms with E-state index in [1.165, 1.54) is 0 Å². The molecule has 2 rings (SSSR count). The van der Waals surface area contributed by atoms with Crippen molar-refractivity contribution in [2.24, 2.45) is 11.8 Å². The van der Waals surface area contributed by atoms with Crippen LogP contribution in [-0.4, -0.2) is 58.1 Å². The largest absolute Gasteiger partial charge is 0.481 e. The van der Waals surface area contributed by atoms with Crippen LogP contribution in [0.2, 0.25) is 0 Å². The number of carboxylic acids is 1. The Labute approximate surface area is 219 Å². The van der Waals surface area contributed by atoms with Gasteiger partial charge in [0, 0.05) is 6.54 Å². The fraction of sp³-hybridized carbons (Fsp3) is 0.571. The van der Waals surface area contributed by atoms with E-state index in [0.29, 0.717) is 13.0 Å². The van der Waals surface area contributed by atoms with Crippen LogP contribution in [0.4, 0.5) is 4.79 Å². The maximum Gasteiger partial charge on any atom is 0.408 e. The van der Waals surface area contributed by atoms with Gasteiger partial charge in [0.25, 0.3) is 0 Å². The van der Waals surface area contributed by atoms with Crippen molar-refractivity contribution in [1.82, 2.24) is 15.5 Å². The summed E-state index contributed by atoms with van der Waals surface area (Å²) in [5, 5.41) is 14.8. The Morgan fingerprint density at radius 1 is 1.11 bits per heavy atom. The molecule has 4 atom stereocenters. The van der Waals surface area contributed by atoms with Crippen molar-refractivity contribution in [3.63, 3.8) is 0 Å². The van der Waals surface area contributed by atoms with Gasteiger partial charge in [0.15, 0.2) is 0 Å². The second-order valence-electron chi connectivity index (χ2n) is 10.8. The predicted molar refractivity (Wildman–Crippen MR) is 141 cm³/mol. The third-order valence-corrected chi connectivity index (χ3v) is 6.17. The van der Waals surface area contributed by atoms with Gasteiger partial charge >= 0.3 is 12.1 Å². The zero-order valence-corrected chi connectivity index (χ0v) is 22.7. The Morgan fingerprint density at radius 2 is 1.76 bits per heavy atom. The van der Waals surface area contributed by atoms with Crippen LogP contribution in [0, 0.1) is 11.8 Å². The van der Waals surface area contributed by atoms with Crippen LogP contribution in [0.25, 0.3) is 0 Å². The number of hydrogen-bond acceptors (Lipinski definition) is 5. The smallest absolute Gasteiger partial charge is 0.408 e. The van der Waals surface area contributed by atoms with Crippen LogP contribution in [0.15, 0.2) is 42.5 Å². The first kappa shape index (κ1) is 29.9. The van der Waals surface area contributed by atoms with Crippen molar-refractivity contribution in [3.8, 4) is 0 Å². The monoisotopic (exact) mass is 515 g/mol. The molecule has 0 bridgehead atoms. The van der Waals surface area contributed by atoms with Crippen molar-refractivity contribution in [2.45, 2.75) is 84.5 Å². The van der Waals surface area contributed by atoms with Crippen LogP contribution in [-0.2, 0) is 19.1 Å². The summed E-state index contributed by atoms with van der Waals surface area (Å²) in [5.74, 6) is -2.17. The number of hydrogen-bond donors (Lipinski definition) is 3. The first-order valence-corrected chi connectivity index (χ1v) is 12.8. The Kier molecular flexibility index (Phi) is 10.7. The second kappa shape index (κ2) is 13.3. The number of aliphatic carboxylic acids is 1. The third-order valence-electron chi connectivity index (χ3n) is 6.17. The molecule has 1 aliphatic heterocycles. The normalized spacial score (nSPS) is 18.4. The van der Waals surface area contributed by atoms with Crippen LogP contribution < -0.4 is 10.6 Å². The SMILES string of the molecule is CC(C)[C@@H](/C=C/[C@@H]1CCCN1C(=O)[C@H](CC(=O)O)NC(=O)OC(C)(C)C)C(=O)N[C@H](C)c1ccccc1. The van der Waals surface area contributed by atoms with Gasteiger partial charge in [-0.1, -0.05) is 56.3 Å². The molecule has 1 saturated heterocycles. The maximum absolute atomic E-state index is 13.3. The molecule has 0 saturated carbocycles. The molecule has 0 aromatic heterocycles. The number of rotatable bonds is 10. The van der Waals surface area contributed by atoms with Crippen LogP contribution in [0.3, 0.4) is 0 Å². The Hall–Kier alpha value is -3.36. The quantitative estimate of drug-likeness (QED) is 0.404. The molecule has 1 aromatic carbocycles. The summed E-state index contributed by atoms with van der Waals surface area (Å²) in [6.07, 6.45) is 3.70. The summed E-state index contributed by atoms with van der Waals surface area (Å²) in [7, 11) is 0. The van der Waals surface area contributed by atoms with Crippen molar-refractivity contribution in [3.05, 3.63) is 48.0 Å². The van der Waals surface area contributed by atoms with Gasteiger partial charge in [0.1, 0.15) is 11.6 Å². The maximum atomic E-state index is 13.3. The van der Waals surface area contributed by atoms with E-state index in [1.807, 2.05) is 63.3 Å². The Balaban J connectivity index is 2.12. The molecular weight excluding hydrogens is 474 g/mol. The summed E-state index contributed by atoms with van der Waals surface area (Å²) in [6, 6.07) is 8.01. The van der Waals surface area contributed by atoms with Gasteiger partial charge in [-0.15, -0.1) is 0 Å². The molecule has 0 unspecified atom stereocenters. The molecule has 9 heteroatoms. The summed E-state index contributed by atoms with van der Waals surface area (Å²) < 4.78 is 5.21. The molecule has 1 aromatic rings. The molecule has 1 aliphatic rings. The number of benzene rings is 1. The topological polar surface area (TPSA) is 125 Å². The highest BCUT2D eigenvalue weighted by atomic mass is 16.6. The van der Waals surface area contributed by atoms with Gasteiger partial charge in [0.2, 0.25) is 11.8 Å². The lowest BCUT2D eigenvalue weighted by atomic mass is 9.93. The number of ether oxygens (including phenoxy) is 1. The lowest BCUT2D eigenvalue weighted by Crippen LogP contribution is -2.51. The highest BCUT2D eigenvalue weighted by Gasteiger charge is 2.35. The molecule has 1 fully saturated rings. The lowest BCUT2D eigenvalue weighted by molar-refractivity contribution is -0.142. The van der Waals surface area contributed by atoms with Gasteiger partial charge < -0.3 is 25.4 Å². The van der Waals surface area contributed by atoms with E-state index in [1.54, 1.807) is 25.7 Å². The molecule has 9 nitrogen and oxygen atoms in total. The van der Waals surface area contributed by atoms with E-state index in [4.69, 9.17) is 4.74 Å². The zero-order valence-electron chi connectivity index (χ0n) is 22.7. The lowest BCUT2D eigenvalue weighted by Gasteiger charge is -2.28. The fourth-order valence-electron chi connectivity index (χ4n) is 4.29. The number of carbonyl (C=O) groups excluding carboxylic acids is 3. The van der Waals surface area contributed by atoms with Crippen LogP contribution in [0.5, 0.6) is 0 Å². The van der Waals surface area contributed by atoms with E-state index >= 15 is 0 Å². The molecule has 3 N–H and O–H groups in total. The van der Waals surface area contributed by atoms with Crippen molar-refractivity contribution >= 4 is 23.9 Å². The molecule has 0 spiro atoms. The van der Waals surface area contributed by atoms with Gasteiger partial charge in [0.05, 0.1) is 24.4 Å². The van der Waals surface area contributed by atoms with E-state index in [2.05, 4.69) is 10.6 Å². The summed E-state index contributed by atoms with van der Waals surface area (Å²) in [6.45, 7) is 11.4. The number of nitrogens with one attached hydrogen (secondary N) is 2. The number of carboxylic acid groups (broad SMARTS) is 1. The summed E-state index contributed by atoms with van der Waals surface area (Å²) in [5.41, 5.74) is 0.224. The second-order valence-corrected chi connectivity index (χ2v) is 10.8. The minimum Gasteiger partial charge on any atom is -0.481 e. The van der Waals surface area contributed by atoms with E-state index in [9.17, 15) is 24.3 Å². The first-order chi connectivity index (χ1) is 17.3. The molecular formula is C28H41N3O6. The van der Waals surface area contributed by atoms with Crippen molar-refractivity contribution < 1.29 is 29.0 Å². The molecule has 37 heavy (non-hydrogen) atoms. The average Bonchev–Trinajstić information content (AvgIpc) is 3.25. The summed E-state index contributed by atoms with van der Waals surface area (Å²) >= 11 is 0. The third kappa shape index (κ3) is 9.55. The fourth-order valence-corrected chi connectivity index (χ4v) is 4.29. The van der Waals surface area contributed by atoms with Gasteiger partial charge in [-0.3, -0.25) is 14.4 Å². The minimum atomic E-state index is -1.25. The number of alkyl carbamates (subject to hydrolysis) is 1. The van der Waals surface area contributed by atoms with Crippen molar-refractivity contribution in [1.29, 1.82) is 0 Å². The Bertz CT molecular complexity index is 970. The van der Waals surface area contributed by atoms with Gasteiger partial charge in [-0.25, -0.2) is 4.79 Å². The molecule has 3 amide bonds. The van der Waals surface area contributed by atoms with E-state index < -0.39 is 42.0 Å².